The topological polar surface area (TPSA) is 107 Å². The number of nitrogens with two attached hydrogens (primary N) is 1. The van der Waals surface area contributed by atoms with E-state index in [2.05, 4.69) is 15.3 Å². The summed E-state index contributed by atoms with van der Waals surface area (Å²) in [6.45, 7) is -2.97. The van der Waals surface area contributed by atoms with Gasteiger partial charge in [0.2, 0.25) is 5.71 Å². The van der Waals surface area contributed by atoms with Crippen LogP contribution in [-0.2, 0) is 0 Å². The molecule has 0 heterocycles. The molecule has 0 saturated heterocycles. The number of ether oxygens (including phenoxy) is 1. The molecule has 1 aromatic rings. The summed E-state index contributed by atoms with van der Waals surface area (Å²) in [5.74, 6) is -0.683. The molecule has 0 spiro atoms. The van der Waals surface area contributed by atoms with Crippen LogP contribution in [0.2, 0.25) is 5.02 Å². The van der Waals surface area contributed by atoms with Crippen molar-refractivity contribution in [1.29, 1.82) is 10.7 Å². The molecule has 100 valence electrons. The molecular formula is C10H8ClF2N5O. The van der Waals surface area contributed by atoms with Crippen LogP contribution in [0.25, 0.3) is 0 Å². The largest absolute Gasteiger partial charge is 0.433 e. The van der Waals surface area contributed by atoms with E-state index < -0.39 is 12.4 Å². The molecule has 0 radical (unpaired) electrons. The summed E-state index contributed by atoms with van der Waals surface area (Å²) in [6.07, 6.45) is 0. The number of benzene rings is 1. The number of hydrazone groups is 1. The molecule has 0 atom stereocenters. The second kappa shape index (κ2) is 6.51. The van der Waals surface area contributed by atoms with Crippen LogP contribution < -0.4 is 15.9 Å². The quantitative estimate of drug-likeness (QED) is 0.438. The van der Waals surface area contributed by atoms with Crippen molar-refractivity contribution in [2.24, 2.45) is 10.8 Å². The lowest BCUT2D eigenvalue weighted by Crippen LogP contribution is -2.21. The number of hydrogen-bond acceptors (Lipinski definition) is 5. The molecule has 9 heteroatoms. The molecule has 0 saturated carbocycles. The van der Waals surface area contributed by atoms with E-state index in [0.29, 0.717) is 5.69 Å². The number of halogens is 3. The van der Waals surface area contributed by atoms with Gasteiger partial charge in [0, 0.05) is 0 Å². The van der Waals surface area contributed by atoms with Crippen molar-refractivity contribution in [2.75, 3.05) is 5.43 Å². The zero-order valence-electron chi connectivity index (χ0n) is 9.32. The highest BCUT2D eigenvalue weighted by Crippen LogP contribution is 2.28. The number of anilines is 1. The van der Waals surface area contributed by atoms with Crippen molar-refractivity contribution in [3.63, 3.8) is 0 Å². The minimum Gasteiger partial charge on any atom is -0.433 e. The number of nitriles is 1. The van der Waals surface area contributed by atoms with E-state index in [1.807, 2.05) is 0 Å². The lowest BCUT2D eigenvalue weighted by atomic mass is 10.3. The molecule has 0 fully saturated rings. The van der Waals surface area contributed by atoms with Gasteiger partial charge < -0.3 is 10.5 Å². The van der Waals surface area contributed by atoms with Gasteiger partial charge in [-0.05, 0) is 18.2 Å². The molecular weight excluding hydrogens is 280 g/mol. The third-order valence-corrected chi connectivity index (χ3v) is 2.10. The lowest BCUT2D eigenvalue weighted by Gasteiger charge is -2.08. The maximum Gasteiger partial charge on any atom is 0.387 e. The van der Waals surface area contributed by atoms with Crippen LogP contribution in [0.15, 0.2) is 23.3 Å². The van der Waals surface area contributed by atoms with Gasteiger partial charge in [-0.3, -0.25) is 10.8 Å². The fraction of sp³-hybridized carbons (Fsp3) is 0.100. The molecule has 6 nitrogen and oxygen atoms in total. The molecule has 0 aromatic heterocycles. The first-order valence-corrected chi connectivity index (χ1v) is 5.14. The second-order valence-corrected chi connectivity index (χ2v) is 3.53. The van der Waals surface area contributed by atoms with Gasteiger partial charge in [-0.15, -0.1) is 0 Å². The predicted octanol–water partition coefficient (Wildman–Crippen LogP) is 2.17. The van der Waals surface area contributed by atoms with E-state index in [4.69, 9.17) is 28.0 Å². The first kappa shape index (κ1) is 14.7. The average Bonchev–Trinajstić information content (AvgIpc) is 2.32. The highest BCUT2D eigenvalue weighted by molar-refractivity contribution is 6.45. The van der Waals surface area contributed by atoms with Crippen LogP contribution in [0, 0.1) is 16.7 Å². The summed E-state index contributed by atoms with van der Waals surface area (Å²) in [6, 6.07) is 5.46. The fourth-order valence-electron chi connectivity index (χ4n) is 1.03. The molecule has 0 bridgehead atoms. The van der Waals surface area contributed by atoms with Gasteiger partial charge in [0.15, 0.2) is 5.84 Å². The number of nitrogens with one attached hydrogen (secondary N) is 2. The van der Waals surface area contributed by atoms with E-state index >= 15 is 0 Å². The summed E-state index contributed by atoms with van der Waals surface area (Å²) in [4.78, 5) is 0. The van der Waals surface area contributed by atoms with E-state index in [1.54, 1.807) is 6.07 Å². The van der Waals surface area contributed by atoms with Crippen molar-refractivity contribution in [1.82, 2.24) is 0 Å². The molecule has 19 heavy (non-hydrogen) atoms. The monoisotopic (exact) mass is 287 g/mol. The van der Waals surface area contributed by atoms with E-state index in [9.17, 15) is 8.78 Å². The zero-order valence-corrected chi connectivity index (χ0v) is 10.1. The Morgan fingerprint density at radius 2 is 2.26 bits per heavy atom. The minimum absolute atomic E-state index is 0.0539. The Morgan fingerprint density at radius 1 is 1.58 bits per heavy atom. The van der Waals surface area contributed by atoms with Gasteiger partial charge in [0.05, 0.1) is 10.7 Å². The van der Waals surface area contributed by atoms with Crippen molar-refractivity contribution in [3.8, 4) is 11.8 Å². The molecule has 1 aromatic carbocycles. The Labute approximate surface area is 111 Å². The van der Waals surface area contributed by atoms with Crippen LogP contribution in [0.3, 0.4) is 0 Å². The van der Waals surface area contributed by atoms with Crippen molar-refractivity contribution in [2.45, 2.75) is 6.61 Å². The molecule has 0 amide bonds. The molecule has 0 aliphatic rings. The summed E-state index contributed by atoms with van der Waals surface area (Å²) in [5, 5.41) is 19.1. The molecule has 0 unspecified atom stereocenters. The van der Waals surface area contributed by atoms with Crippen LogP contribution >= 0.6 is 11.6 Å². The lowest BCUT2D eigenvalue weighted by molar-refractivity contribution is -0.0497. The maximum absolute atomic E-state index is 12.0. The Hall–Kier alpha value is -2.40. The van der Waals surface area contributed by atoms with Gasteiger partial charge in [0.25, 0.3) is 0 Å². The number of hydrogen-bond donors (Lipinski definition) is 3. The standard InChI is InChI=1S/C10H8ClF2N5O/c11-6-3-5(1-2-8(6)19-10(12)13)17-18-7(4-14)9(15)16/h1-3,10,17H,(H3,15,16)/b18-7+. The summed E-state index contributed by atoms with van der Waals surface area (Å²) >= 11 is 5.71. The Bertz CT molecular complexity index is 555. The Kier molecular flexibility index (Phi) is 5.02. The summed E-state index contributed by atoms with van der Waals surface area (Å²) in [5.41, 5.74) is 7.50. The number of rotatable bonds is 5. The van der Waals surface area contributed by atoms with Crippen LogP contribution in [0.4, 0.5) is 14.5 Å². The Balaban J connectivity index is 2.85. The van der Waals surface area contributed by atoms with Crippen molar-refractivity contribution < 1.29 is 13.5 Å². The number of alkyl halides is 2. The molecule has 0 aliphatic heterocycles. The normalized spacial score (nSPS) is 11.0. The zero-order chi connectivity index (χ0) is 14.4. The van der Waals surface area contributed by atoms with E-state index in [-0.39, 0.29) is 16.5 Å². The van der Waals surface area contributed by atoms with Gasteiger partial charge in [-0.2, -0.15) is 19.1 Å². The SMILES string of the molecule is N#C/C(=N\Nc1ccc(OC(F)F)c(Cl)c1)C(=N)N. The van der Waals surface area contributed by atoms with Crippen LogP contribution in [0.5, 0.6) is 5.75 Å². The fourth-order valence-corrected chi connectivity index (χ4v) is 1.25. The Morgan fingerprint density at radius 3 is 2.74 bits per heavy atom. The summed E-state index contributed by atoms with van der Waals surface area (Å²) in [7, 11) is 0. The molecule has 4 N–H and O–H groups in total. The summed E-state index contributed by atoms with van der Waals surface area (Å²) < 4.78 is 28.1. The van der Waals surface area contributed by atoms with Crippen molar-refractivity contribution >= 4 is 28.8 Å². The van der Waals surface area contributed by atoms with Gasteiger partial charge >= 0.3 is 6.61 Å². The molecule has 0 aliphatic carbocycles. The van der Waals surface area contributed by atoms with Gasteiger partial charge in [-0.25, -0.2) is 0 Å². The third kappa shape index (κ3) is 4.40. The van der Waals surface area contributed by atoms with Gasteiger partial charge in [-0.1, -0.05) is 11.6 Å². The van der Waals surface area contributed by atoms with E-state index in [1.165, 1.54) is 18.2 Å². The first-order valence-electron chi connectivity index (χ1n) is 4.76. The van der Waals surface area contributed by atoms with Crippen LogP contribution in [0.1, 0.15) is 0 Å². The highest BCUT2D eigenvalue weighted by atomic mass is 35.5. The predicted molar refractivity (Wildman–Crippen MR) is 66.7 cm³/mol. The second-order valence-electron chi connectivity index (χ2n) is 3.12. The smallest absolute Gasteiger partial charge is 0.387 e. The average molecular weight is 288 g/mol. The number of amidine groups is 1. The minimum atomic E-state index is -2.97. The highest BCUT2D eigenvalue weighted by Gasteiger charge is 2.09. The molecule has 1 rings (SSSR count). The third-order valence-electron chi connectivity index (χ3n) is 1.81. The maximum atomic E-state index is 12.0. The first-order chi connectivity index (χ1) is 8.93. The van der Waals surface area contributed by atoms with Crippen molar-refractivity contribution in [3.05, 3.63) is 23.2 Å². The van der Waals surface area contributed by atoms with Gasteiger partial charge in [0.1, 0.15) is 11.8 Å². The number of nitrogens with zero attached hydrogens (tertiary/aromatic N) is 2. The van der Waals surface area contributed by atoms with E-state index in [0.717, 1.165) is 0 Å². The van der Waals surface area contributed by atoms with Crippen LogP contribution in [-0.4, -0.2) is 18.2 Å².